The highest BCUT2D eigenvalue weighted by Gasteiger charge is 2.30. The van der Waals surface area contributed by atoms with Gasteiger partial charge in [0, 0.05) is 17.5 Å². The van der Waals surface area contributed by atoms with Crippen LogP contribution in [-0.4, -0.2) is 12.6 Å². The zero-order valence-corrected chi connectivity index (χ0v) is 11.0. The van der Waals surface area contributed by atoms with Gasteiger partial charge in [-0.1, -0.05) is 19.9 Å². The maximum atomic E-state index is 6.13. The van der Waals surface area contributed by atoms with Crippen LogP contribution in [0.15, 0.2) is 17.5 Å². The molecule has 1 saturated carbocycles. The van der Waals surface area contributed by atoms with E-state index in [9.17, 15) is 0 Å². The molecule has 90 valence electrons. The van der Waals surface area contributed by atoms with E-state index in [-0.39, 0.29) is 6.04 Å². The molecule has 0 radical (unpaired) electrons. The zero-order valence-electron chi connectivity index (χ0n) is 10.2. The SMILES string of the molecule is CC1(C)CCC(NCC(N)c2cccs2)C1. The fraction of sp³-hybridized carbons (Fsp3) is 0.692. The molecule has 0 aromatic carbocycles. The Morgan fingerprint density at radius 2 is 2.44 bits per heavy atom. The quantitative estimate of drug-likeness (QED) is 0.846. The molecular formula is C13H22N2S. The molecule has 1 aromatic rings. The van der Waals surface area contributed by atoms with Gasteiger partial charge in [-0.2, -0.15) is 0 Å². The zero-order chi connectivity index (χ0) is 11.6. The number of thiophene rings is 1. The Bertz CT molecular complexity index is 319. The molecule has 3 N–H and O–H groups in total. The molecule has 16 heavy (non-hydrogen) atoms. The maximum Gasteiger partial charge on any atom is 0.0516 e. The number of nitrogens with one attached hydrogen (secondary N) is 1. The molecule has 1 aliphatic rings. The lowest BCUT2D eigenvalue weighted by molar-refractivity contribution is 0.362. The second kappa shape index (κ2) is 4.86. The first kappa shape index (κ1) is 12.1. The molecule has 1 aliphatic carbocycles. The van der Waals surface area contributed by atoms with Crippen molar-refractivity contribution in [3.05, 3.63) is 22.4 Å². The van der Waals surface area contributed by atoms with Crippen LogP contribution in [0.1, 0.15) is 44.0 Å². The van der Waals surface area contributed by atoms with E-state index in [4.69, 9.17) is 5.73 Å². The van der Waals surface area contributed by atoms with E-state index in [0.29, 0.717) is 11.5 Å². The molecule has 2 unspecified atom stereocenters. The van der Waals surface area contributed by atoms with Gasteiger partial charge >= 0.3 is 0 Å². The van der Waals surface area contributed by atoms with Gasteiger partial charge in [0.2, 0.25) is 0 Å². The summed E-state index contributed by atoms with van der Waals surface area (Å²) in [5.41, 5.74) is 6.65. The lowest BCUT2D eigenvalue weighted by Gasteiger charge is -2.19. The van der Waals surface area contributed by atoms with E-state index in [0.717, 1.165) is 6.54 Å². The van der Waals surface area contributed by atoms with Crippen molar-refractivity contribution in [3.8, 4) is 0 Å². The van der Waals surface area contributed by atoms with Gasteiger partial charge in [-0.15, -0.1) is 11.3 Å². The van der Waals surface area contributed by atoms with Crippen molar-refractivity contribution >= 4 is 11.3 Å². The Morgan fingerprint density at radius 3 is 3.00 bits per heavy atom. The standard InChI is InChI=1S/C13H22N2S/c1-13(2)6-5-10(8-13)15-9-11(14)12-4-3-7-16-12/h3-4,7,10-11,15H,5-6,8-9,14H2,1-2H3. The van der Waals surface area contributed by atoms with Crippen molar-refractivity contribution in [1.82, 2.24) is 5.32 Å². The summed E-state index contributed by atoms with van der Waals surface area (Å²) < 4.78 is 0. The number of rotatable bonds is 4. The number of hydrogen-bond acceptors (Lipinski definition) is 3. The second-order valence-corrected chi connectivity index (χ2v) is 6.61. The van der Waals surface area contributed by atoms with Gasteiger partial charge in [-0.05, 0) is 36.1 Å². The highest BCUT2D eigenvalue weighted by atomic mass is 32.1. The summed E-state index contributed by atoms with van der Waals surface area (Å²) in [6.07, 6.45) is 3.91. The third kappa shape index (κ3) is 3.06. The highest BCUT2D eigenvalue weighted by Crippen LogP contribution is 2.36. The highest BCUT2D eigenvalue weighted by molar-refractivity contribution is 7.10. The summed E-state index contributed by atoms with van der Waals surface area (Å²) >= 11 is 1.75. The van der Waals surface area contributed by atoms with E-state index in [1.54, 1.807) is 11.3 Å². The molecule has 2 nitrogen and oxygen atoms in total. The van der Waals surface area contributed by atoms with E-state index in [2.05, 4.69) is 36.7 Å². The predicted octanol–water partition coefficient (Wildman–Crippen LogP) is 2.92. The lowest BCUT2D eigenvalue weighted by atomic mass is 9.92. The monoisotopic (exact) mass is 238 g/mol. The Hall–Kier alpha value is -0.380. The van der Waals surface area contributed by atoms with Gasteiger partial charge in [-0.25, -0.2) is 0 Å². The van der Waals surface area contributed by atoms with Crippen LogP contribution >= 0.6 is 11.3 Å². The summed E-state index contributed by atoms with van der Waals surface area (Å²) in [6, 6.07) is 5.01. The largest absolute Gasteiger partial charge is 0.322 e. The summed E-state index contributed by atoms with van der Waals surface area (Å²) in [7, 11) is 0. The molecule has 0 amide bonds. The van der Waals surface area contributed by atoms with Crippen LogP contribution in [0.3, 0.4) is 0 Å². The minimum atomic E-state index is 0.156. The van der Waals surface area contributed by atoms with Gasteiger partial charge in [0.05, 0.1) is 6.04 Å². The molecule has 2 atom stereocenters. The average molecular weight is 238 g/mol. The van der Waals surface area contributed by atoms with Crippen LogP contribution in [0.4, 0.5) is 0 Å². The third-order valence-corrected chi connectivity index (χ3v) is 4.51. The van der Waals surface area contributed by atoms with Crippen molar-refractivity contribution < 1.29 is 0 Å². The lowest BCUT2D eigenvalue weighted by Crippen LogP contribution is -2.34. The molecular weight excluding hydrogens is 216 g/mol. The summed E-state index contributed by atoms with van der Waals surface area (Å²) in [6.45, 7) is 5.61. The molecule has 0 aliphatic heterocycles. The van der Waals surface area contributed by atoms with Crippen molar-refractivity contribution in [2.24, 2.45) is 11.1 Å². The van der Waals surface area contributed by atoms with Crippen molar-refractivity contribution in [1.29, 1.82) is 0 Å². The first-order valence-corrected chi connectivity index (χ1v) is 6.97. The van der Waals surface area contributed by atoms with E-state index < -0.39 is 0 Å². The van der Waals surface area contributed by atoms with Gasteiger partial charge in [0.15, 0.2) is 0 Å². The molecule has 3 heteroatoms. The van der Waals surface area contributed by atoms with Crippen LogP contribution in [0.5, 0.6) is 0 Å². The molecule has 0 saturated heterocycles. The fourth-order valence-corrected chi connectivity index (χ4v) is 3.24. The Morgan fingerprint density at radius 1 is 1.62 bits per heavy atom. The van der Waals surface area contributed by atoms with Crippen LogP contribution in [0.2, 0.25) is 0 Å². The molecule has 2 rings (SSSR count). The average Bonchev–Trinajstić information content (AvgIpc) is 2.83. The minimum Gasteiger partial charge on any atom is -0.322 e. The molecule has 0 spiro atoms. The van der Waals surface area contributed by atoms with Gasteiger partial charge < -0.3 is 11.1 Å². The third-order valence-electron chi connectivity index (χ3n) is 3.50. The van der Waals surface area contributed by atoms with E-state index in [1.807, 2.05) is 0 Å². The van der Waals surface area contributed by atoms with Crippen LogP contribution in [-0.2, 0) is 0 Å². The Kier molecular flexibility index (Phi) is 3.67. The Labute approximate surface area is 102 Å². The smallest absolute Gasteiger partial charge is 0.0516 e. The molecule has 1 fully saturated rings. The van der Waals surface area contributed by atoms with Crippen LogP contribution in [0, 0.1) is 5.41 Å². The predicted molar refractivity (Wildman–Crippen MR) is 70.7 cm³/mol. The van der Waals surface area contributed by atoms with Gasteiger partial charge in [0.25, 0.3) is 0 Å². The second-order valence-electron chi connectivity index (χ2n) is 5.63. The summed E-state index contributed by atoms with van der Waals surface area (Å²) in [5.74, 6) is 0. The van der Waals surface area contributed by atoms with Crippen molar-refractivity contribution in [2.75, 3.05) is 6.54 Å². The minimum absolute atomic E-state index is 0.156. The summed E-state index contributed by atoms with van der Waals surface area (Å²) in [4.78, 5) is 1.28. The van der Waals surface area contributed by atoms with E-state index in [1.165, 1.54) is 24.1 Å². The first-order valence-electron chi connectivity index (χ1n) is 6.09. The van der Waals surface area contributed by atoms with E-state index >= 15 is 0 Å². The topological polar surface area (TPSA) is 38.0 Å². The van der Waals surface area contributed by atoms with Crippen molar-refractivity contribution in [2.45, 2.75) is 45.2 Å². The summed E-state index contributed by atoms with van der Waals surface area (Å²) in [5, 5.41) is 5.70. The van der Waals surface area contributed by atoms with Crippen molar-refractivity contribution in [3.63, 3.8) is 0 Å². The first-order chi connectivity index (χ1) is 7.57. The van der Waals surface area contributed by atoms with Crippen LogP contribution < -0.4 is 11.1 Å². The number of nitrogens with two attached hydrogens (primary N) is 1. The van der Waals surface area contributed by atoms with Gasteiger partial charge in [-0.3, -0.25) is 0 Å². The fourth-order valence-electron chi connectivity index (χ4n) is 2.51. The maximum absolute atomic E-state index is 6.13. The molecule has 1 heterocycles. The number of hydrogen-bond donors (Lipinski definition) is 2. The normalized spacial score (nSPS) is 25.8. The van der Waals surface area contributed by atoms with Crippen LogP contribution in [0.25, 0.3) is 0 Å². The molecule has 0 bridgehead atoms. The molecule has 1 aromatic heterocycles. The van der Waals surface area contributed by atoms with Gasteiger partial charge in [0.1, 0.15) is 0 Å². The Balaban J connectivity index is 1.76.